The summed E-state index contributed by atoms with van der Waals surface area (Å²) < 4.78 is 28.6. The highest BCUT2D eigenvalue weighted by Crippen LogP contribution is 2.11. The normalized spacial score (nSPS) is 13.8. The van der Waals surface area contributed by atoms with Crippen molar-refractivity contribution in [2.75, 3.05) is 5.33 Å². The zero-order valence-electron chi connectivity index (χ0n) is 11.0. The van der Waals surface area contributed by atoms with E-state index in [1.807, 2.05) is 18.4 Å². The highest BCUT2D eigenvalue weighted by Gasteiger charge is 2.20. The molecule has 0 radical (unpaired) electrons. The Labute approximate surface area is 117 Å². The van der Waals surface area contributed by atoms with Crippen LogP contribution >= 0.6 is 15.9 Å². The zero-order chi connectivity index (χ0) is 13.8. The minimum Gasteiger partial charge on any atom is -0.334 e. The Morgan fingerprint density at radius 2 is 2.22 bits per heavy atom. The van der Waals surface area contributed by atoms with Crippen LogP contribution in [0, 0.1) is 6.92 Å². The fourth-order valence-electron chi connectivity index (χ4n) is 1.70. The average Bonchev–Trinajstić information content (AvgIpc) is 2.68. The second kappa shape index (κ2) is 6.68. The predicted octanol–water partition coefficient (Wildman–Crippen LogP) is 2.05. The Bertz CT molecular complexity index is 484. The highest BCUT2D eigenvalue weighted by atomic mass is 79.9. The Hall–Kier alpha value is -0.400. The van der Waals surface area contributed by atoms with Crippen LogP contribution in [0.4, 0.5) is 0 Å². The number of hydrogen-bond acceptors (Lipinski definition) is 3. The van der Waals surface area contributed by atoms with Gasteiger partial charge in [-0.25, -0.2) is 18.1 Å². The minimum atomic E-state index is -3.50. The van der Waals surface area contributed by atoms with E-state index in [0.29, 0.717) is 12.4 Å². The van der Waals surface area contributed by atoms with Gasteiger partial charge in [0.1, 0.15) is 5.82 Å². The second-order valence-electron chi connectivity index (χ2n) is 4.27. The molecule has 0 saturated heterocycles. The van der Waals surface area contributed by atoms with Crippen LogP contribution in [0.5, 0.6) is 0 Å². The number of aromatic nitrogens is 2. The first-order valence-electron chi connectivity index (χ1n) is 6.02. The van der Waals surface area contributed by atoms with Gasteiger partial charge in [0.2, 0.25) is 0 Å². The number of aryl methyl sites for hydroxylation is 2. The zero-order valence-corrected chi connectivity index (χ0v) is 13.4. The number of halogens is 1. The molecule has 1 rings (SSSR count). The summed E-state index contributed by atoms with van der Waals surface area (Å²) >= 11 is 3.33. The summed E-state index contributed by atoms with van der Waals surface area (Å²) in [5.74, 6) is 0.714. The van der Waals surface area contributed by atoms with Gasteiger partial charge in [0, 0.05) is 24.1 Å². The maximum atomic E-state index is 12.1. The third kappa shape index (κ3) is 4.07. The van der Waals surface area contributed by atoms with Gasteiger partial charge in [-0.15, -0.1) is 0 Å². The van der Waals surface area contributed by atoms with Crippen molar-refractivity contribution in [3.63, 3.8) is 0 Å². The SMILES string of the molecule is CCn1cc(S(=O)(=O)NC(C)CCCBr)nc1C. The number of rotatable bonds is 7. The third-order valence-corrected chi connectivity index (χ3v) is 4.72. The molecule has 0 aliphatic rings. The number of hydrogen-bond donors (Lipinski definition) is 1. The summed E-state index contributed by atoms with van der Waals surface area (Å²) in [5.41, 5.74) is 0. The van der Waals surface area contributed by atoms with Crippen LogP contribution in [0.2, 0.25) is 0 Å². The molecule has 5 nitrogen and oxygen atoms in total. The molecule has 0 fully saturated rings. The van der Waals surface area contributed by atoms with Crippen LogP contribution in [-0.2, 0) is 16.6 Å². The van der Waals surface area contributed by atoms with Crippen LogP contribution in [0.1, 0.15) is 32.5 Å². The fourth-order valence-corrected chi connectivity index (χ4v) is 3.31. The van der Waals surface area contributed by atoms with Crippen LogP contribution in [0.25, 0.3) is 0 Å². The number of alkyl halides is 1. The minimum absolute atomic E-state index is 0.0837. The molecule has 18 heavy (non-hydrogen) atoms. The Morgan fingerprint density at radius 3 is 2.72 bits per heavy atom. The molecule has 1 N–H and O–H groups in total. The lowest BCUT2D eigenvalue weighted by Crippen LogP contribution is -2.32. The molecule has 1 aromatic rings. The predicted molar refractivity (Wildman–Crippen MR) is 75.4 cm³/mol. The summed E-state index contributed by atoms with van der Waals surface area (Å²) in [5, 5.41) is 0.982. The van der Waals surface area contributed by atoms with E-state index >= 15 is 0 Å². The van der Waals surface area contributed by atoms with Crippen molar-refractivity contribution >= 4 is 26.0 Å². The smallest absolute Gasteiger partial charge is 0.259 e. The summed E-state index contributed by atoms with van der Waals surface area (Å²) in [6, 6.07) is -0.0837. The lowest BCUT2D eigenvalue weighted by molar-refractivity contribution is 0.542. The molecule has 7 heteroatoms. The van der Waals surface area contributed by atoms with Crippen LogP contribution in [0.15, 0.2) is 11.2 Å². The van der Waals surface area contributed by atoms with E-state index in [0.717, 1.165) is 18.2 Å². The van der Waals surface area contributed by atoms with Gasteiger partial charge in [-0.1, -0.05) is 15.9 Å². The molecule has 1 heterocycles. The molecule has 0 saturated carbocycles. The van der Waals surface area contributed by atoms with Gasteiger partial charge in [0.15, 0.2) is 5.03 Å². The van der Waals surface area contributed by atoms with Gasteiger partial charge in [-0.05, 0) is 33.6 Å². The summed E-state index contributed by atoms with van der Waals surface area (Å²) in [4.78, 5) is 4.09. The Kier molecular flexibility index (Phi) is 5.81. The van der Waals surface area contributed by atoms with E-state index in [-0.39, 0.29) is 11.1 Å². The number of nitrogens with one attached hydrogen (secondary N) is 1. The molecule has 104 valence electrons. The Morgan fingerprint density at radius 1 is 1.56 bits per heavy atom. The van der Waals surface area contributed by atoms with Crippen LogP contribution in [-0.4, -0.2) is 29.3 Å². The van der Waals surface area contributed by atoms with Gasteiger partial charge in [-0.3, -0.25) is 0 Å². The van der Waals surface area contributed by atoms with Crippen molar-refractivity contribution in [3.8, 4) is 0 Å². The lowest BCUT2D eigenvalue weighted by atomic mass is 10.2. The molecule has 0 aliphatic carbocycles. The van der Waals surface area contributed by atoms with Gasteiger partial charge in [0.05, 0.1) is 0 Å². The van der Waals surface area contributed by atoms with Crippen LogP contribution < -0.4 is 4.72 Å². The van der Waals surface area contributed by atoms with Crippen molar-refractivity contribution in [3.05, 3.63) is 12.0 Å². The largest absolute Gasteiger partial charge is 0.334 e. The monoisotopic (exact) mass is 337 g/mol. The molecule has 1 atom stereocenters. The van der Waals surface area contributed by atoms with Crippen molar-refractivity contribution in [2.24, 2.45) is 0 Å². The third-order valence-electron chi connectivity index (χ3n) is 2.70. The molecule has 0 aliphatic heterocycles. The second-order valence-corrected chi connectivity index (χ2v) is 6.72. The van der Waals surface area contributed by atoms with E-state index < -0.39 is 10.0 Å². The number of nitrogens with zero attached hydrogens (tertiary/aromatic N) is 2. The molecule has 1 unspecified atom stereocenters. The molecular formula is C11H20BrN3O2S. The first-order chi connectivity index (χ1) is 8.40. The Balaban J connectivity index is 2.79. The van der Waals surface area contributed by atoms with E-state index in [4.69, 9.17) is 0 Å². The van der Waals surface area contributed by atoms with Gasteiger partial charge >= 0.3 is 0 Å². The molecule has 0 spiro atoms. The summed E-state index contributed by atoms with van der Waals surface area (Å²) in [6.07, 6.45) is 3.32. The highest BCUT2D eigenvalue weighted by molar-refractivity contribution is 9.09. The average molecular weight is 338 g/mol. The lowest BCUT2D eigenvalue weighted by Gasteiger charge is -2.11. The maximum Gasteiger partial charge on any atom is 0.259 e. The molecule has 0 bridgehead atoms. The quantitative estimate of drug-likeness (QED) is 0.774. The first kappa shape index (κ1) is 15.7. The van der Waals surface area contributed by atoms with Crippen molar-refractivity contribution in [1.82, 2.24) is 14.3 Å². The van der Waals surface area contributed by atoms with E-state index in [9.17, 15) is 8.42 Å². The topological polar surface area (TPSA) is 64.0 Å². The number of sulfonamides is 1. The summed E-state index contributed by atoms with van der Waals surface area (Å²) in [7, 11) is -3.50. The van der Waals surface area contributed by atoms with Crippen LogP contribution in [0.3, 0.4) is 0 Å². The standard InChI is InChI=1S/C11H20BrN3O2S/c1-4-15-8-11(13-10(15)3)18(16,17)14-9(2)6-5-7-12/h8-9,14H,4-7H2,1-3H3. The van der Waals surface area contributed by atoms with E-state index in [1.165, 1.54) is 0 Å². The van der Waals surface area contributed by atoms with Crippen molar-refractivity contribution < 1.29 is 8.42 Å². The van der Waals surface area contributed by atoms with E-state index in [2.05, 4.69) is 25.6 Å². The first-order valence-corrected chi connectivity index (χ1v) is 8.63. The molecule has 0 aromatic carbocycles. The molecule has 1 aromatic heterocycles. The fraction of sp³-hybridized carbons (Fsp3) is 0.727. The van der Waals surface area contributed by atoms with Gasteiger partial charge in [-0.2, -0.15) is 0 Å². The number of imidazole rings is 1. The summed E-state index contributed by atoms with van der Waals surface area (Å²) in [6.45, 7) is 6.34. The van der Waals surface area contributed by atoms with Crippen molar-refractivity contribution in [1.29, 1.82) is 0 Å². The van der Waals surface area contributed by atoms with Gasteiger partial charge in [0.25, 0.3) is 10.0 Å². The maximum absolute atomic E-state index is 12.1. The van der Waals surface area contributed by atoms with Crippen molar-refractivity contribution in [2.45, 2.75) is 51.2 Å². The van der Waals surface area contributed by atoms with E-state index in [1.54, 1.807) is 13.1 Å². The molecular weight excluding hydrogens is 318 g/mol. The van der Waals surface area contributed by atoms with Gasteiger partial charge < -0.3 is 4.57 Å². The molecule has 0 amide bonds.